The molecule has 0 heterocycles. The molecule has 0 unspecified atom stereocenters. The molecule has 0 atom stereocenters. The summed E-state index contributed by atoms with van der Waals surface area (Å²) in [5, 5.41) is 0. The Hall–Kier alpha value is -3.07. The minimum absolute atomic E-state index is 0.0409. The topological polar surface area (TPSA) is 51.2 Å². The molecule has 1 aliphatic carbocycles. The van der Waals surface area contributed by atoms with E-state index in [4.69, 9.17) is 0 Å². The zero-order chi connectivity index (χ0) is 16.4. The molecule has 112 valence electrons. The van der Waals surface area contributed by atoms with Crippen LogP contribution in [-0.4, -0.2) is 17.3 Å². The average molecular weight is 302 g/mol. The van der Waals surface area contributed by atoms with Crippen LogP contribution in [-0.2, 0) is 4.79 Å². The van der Waals surface area contributed by atoms with Crippen molar-refractivity contribution in [3.63, 3.8) is 0 Å². The number of hydrogen-bond donors (Lipinski definition) is 0. The first-order valence-corrected chi connectivity index (χ1v) is 7.26. The lowest BCUT2D eigenvalue weighted by Crippen LogP contribution is -2.24. The van der Waals surface area contributed by atoms with Crippen LogP contribution >= 0.6 is 0 Å². The Kier molecular flexibility index (Phi) is 3.85. The number of Topliss-reactive ketones (excluding diaryl/α,β-unsaturated/α-hetero) is 2. The molecule has 0 spiro atoms. The van der Waals surface area contributed by atoms with Crippen molar-refractivity contribution in [3.05, 3.63) is 88.5 Å². The zero-order valence-electron chi connectivity index (χ0n) is 12.6. The van der Waals surface area contributed by atoms with Crippen LogP contribution in [0.4, 0.5) is 0 Å². The predicted molar refractivity (Wildman–Crippen MR) is 88.3 cm³/mol. The van der Waals surface area contributed by atoms with E-state index in [0.29, 0.717) is 11.1 Å². The summed E-state index contributed by atoms with van der Waals surface area (Å²) < 4.78 is 0. The van der Waals surface area contributed by atoms with E-state index >= 15 is 0 Å². The minimum Gasteiger partial charge on any atom is -0.289 e. The molecule has 0 amide bonds. The van der Waals surface area contributed by atoms with Crippen molar-refractivity contribution >= 4 is 23.4 Å². The second-order valence-electron chi connectivity index (χ2n) is 5.31. The lowest BCUT2D eigenvalue weighted by molar-refractivity contribution is -0.111. The Morgan fingerprint density at radius 1 is 0.826 bits per heavy atom. The maximum absolute atomic E-state index is 12.6. The van der Waals surface area contributed by atoms with Gasteiger partial charge in [0.15, 0.2) is 17.3 Å². The van der Waals surface area contributed by atoms with Gasteiger partial charge in [0.05, 0.1) is 5.57 Å². The molecule has 0 radical (unpaired) electrons. The van der Waals surface area contributed by atoms with Gasteiger partial charge >= 0.3 is 0 Å². The van der Waals surface area contributed by atoms with Gasteiger partial charge in [0.1, 0.15) is 0 Å². The van der Waals surface area contributed by atoms with E-state index in [-0.39, 0.29) is 22.7 Å². The number of carbonyl (C=O) groups excluding carboxylic acids is 3. The van der Waals surface area contributed by atoms with Crippen molar-refractivity contribution in [3.8, 4) is 0 Å². The quantitative estimate of drug-likeness (QED) is 0.642. The Bertz CT molecular complexity index is 871. The predicted octanol–water partition coefficient (Wildman–Crippen LogP) is 3.66. The van der Waals surface area contributed by atoms with Crippen molar-refractivity contribution in [2.24, 2.45) is 0 Å². The number of fused-ring (bicyclic) bond motifs is 1. The van der Waals surface area contributed by atoms with Gasteiger partial charge in [0.25, 0.3) is 0 Å². The third-order valence-corrected chi connectivity index (χ3v) is 3.83. The number of benzene rings is 2. The van der Waals surface area contributed by atoms with Crippen molar-refractivity contribution in [1.82, 2.24) is 0 Å². The molecule has 0 fully saturated rings. The number of hydrogen-bond acceptors (Lipinski definition) is 3. The Balaban J connectivity index is 1.98. The van der Waals surface area contributed by atoms with Gasteiger partial charge in [-0.1, -0.05) is 60.7 Å². The van der Waals surface area contributed by atoms with Gasteiger partial charge in [-0.2, -0.15) is 0 Å². The van der Waals surface area contributed by atoms with Crippen LogP contribution in [0.25, 0.3) is 6.08 Å². The van der Waals surface area contributed by atoms with Gasteiger partial charge in [-0.05, 0) is 18.6 Å². The second kappa shape index (κ2) is 5.97. The number of rotatable bonds is 3. The largest absolute Gasteiger partial charge is 0.289 e. The van der Waals surface area contributed by atoms with Crippen LogP contribution in [0.15, 0.2) is 71.8 Å². The van der Waals surface area contributed by atoms with Crippen LogP contribution in [0.3, 0.4) is 0 Å². The molecular weight excluding hydrogens is 288 g/mol. The van der Waals surface area contributed by atoms with Crippen LogP contribution in [0, 0.1) is 0 Å². The van der Waals surface area contributed by atoms with E-state index in [9.17, 15) is 14.4 Å². The van der Waals surface area contributed by atoms with Gasteiger partial charge < -0.3 is 0 Å². The van der Waals surface area contributed by atoms with Gasteiger partial charge in [0.2, 0.25) is 0 Å². The highest BCUT2D eigenvalue weighted by atomic mass is 16.2. The maximum atomic E-state index is 12.6. The Morgan fingerprint density at radius 3 is 2.04 bits per heavy atom. The molecule has 0 aromatic heterocycles. The van der Waals surface area contributed by atoms with Crippen molar-refractivity contribution < 1.29 is 14.4 Å². The van der Waals surface area contributed by atoms with Crippen molar-refractivity contribution in [2.75, 3.05) is 0 Å². The molecule has 0 aliphatic heterocycles. The SMILES string of the molecule is CC1=C(C(=O)C=Cc2ccccc2)C(=O)c2ccccc2C1=O. The van der Waals surface area contributed by atoms with Crippen molar-refractivity contribution in [1.29, 1.82) is 0 Å². The van der Waals surface area contributed by atoms with Crippen LogP contribution in [0.2, 0.25) is 0 Å². The van der Waals surface area contributed by atoms with Gasteiger partial charge in [-0.3, -0.25) is 14.4 Å². The highest BCUT2D eigenvalue weighted by molar-refractivity contribution is 6.38. The van der Waals surface area contributed by atoms with E-state index in [1.54, 1.807) is 30.3 Å². The molecule has 2 aromatic carbocycles. The molecule has 0 saturated heterocycles. The summed E-state index contributed by atoms with van der Waals surface area (Å²) in [6.45, 7) is 1.53. The smallest absolute Gasteiger partial charge is 0.198 e. The Morgan fingerprint density at radius 2 is 1.39 bits per heavy atom. The summed E-state index contributed by atoms with van der Waals surface area (Å²) in [4.78, 5) is 37.4. The first-order valence-electron chi connectivity index (χ1n) is 7.26. The van der Waals surface area contributed by atoms with Gasteiger partial charge in [-0.15, -0.1) is 0 Å². The molecule has 23 heavy (non-hydrogen) atoms. The fourth-order valence-electron chi connectivity index (χ4n) is 2.62. The fraction of sp³-hybridized carbons (Fsp3) is 0.0500. The summed E-state index contributed by atoms with van der Waals surface area (Å²) >= 11 is 0. The highest BCUT2D eigenvalue weighted by Crippen LogP contribution is 2.26. The van der Waals surface area contributed by atoms with Gasteiger partial charge in [0, 0.05) is 16.7 Å². The maximum Gasteiger partial charge on any atom is 0.198 e. The number of ketones is 3. The van der Waals surface area contributed by atoms with Gasteiger partial charge in [-0.25, -0.2) is 0 Å². The number of allylic oxidation sites excluding steroid dienone is 3. The third kappa shape index (κ3) is 2.69. The molecular formula is C20H14O3. The fourth-order valence-corrected chi connectivity index (χ4v) is 2.62. The van der Waals surface area contributed by atoms with E-state index in [2.05, 4.69) is 0 Å². The molecule has 3 heteroatoms. The van der Waals surface area contributed by atoms with E-state index in [0.717, 1.165) is 5.56 Å². The summed E-state index contributed by atoms with van der Waals surface area (Å²) in [5.41, 5.74) is 1.67. The molecule has 0 bridgehead atoms. The lowest BCUT2D eigenvalue weighted by Gasteiger charge is -2.17. The highest BCUT2D eigenvalue weighted by Gasteiger charge is 2.32. The lowest BCUT2D eigenvalue weighted by atomic mass is 9.83. The molecule has 2 aromatic rings. The normalized spacial score (nSPS) is 14.3. The summed E-state index contributed by atoms with van der Waals surface area (Å²) in [6, 6.07) is 15.9. The first kappa shape index (κ1) is 14.9. The third-order valence-electron chi connectivity index (χ3n) is 3.83. The van der Waals surface area contributed by atoms with Crippen molar-refractivity contribution in [2.45, 2.75) is 6.92 Å². The molecule has 3 rings (SSSR count). The summed E-state index contributed by atoms with van der Waals surface area (Å²) in [7, 11) is 0. The van der Waals surface area contributed by atoms with E-state index in [1.165, 1.54) is 13.0 Å². The molecule has 0 N–H and O–H groups in total. The van der Waals surface area contributed by atoms with Crippen LogP contribution in [0.5, 0.6) is 0 Å². The second-order valence-corrected chi connectivity index (χ2v) is 5.31. The molecule has 0 saturated carbocycles. The summed E-state index contributed by atoms with van der Waals surface area (Å²) in [6.07, 6.45) is 2.98. The van der Waals surface area contributed by atoms with E-state index < -0.39 is 5.78 Å². The number of carbonyl (C=O) groups is 3. The zero-order valence-corrected chi connectivity index (χ0v) is 12.6. The monoisotopic (exact) mass is 302 g/mol. The Labute approximate surface area is 134 Å². The van der Waals surface area contributed by atoms with Crippen LogP contribution < -0.4 is 0 Å². The molecule has 3 nitrogen and oxygen atoms in total. The van der Waals surface area contributed by atoms with Crippen LogP contribution in [0.1, 0.15) is 33.2 Å². The standard InChI is InChI=1S/C20H14O3/c1-13-18(17(21)12-11-14-7-3-2-4-8-14)20(23)16-10-6-5-9-15(16)19(13)22/h2-12H,1H3. The summed E-state index contributed by atoms with van der Waals surface area (Å²) in [5.74, 6) is -1.10. The minimum atomic E-state index is -0.445. The van der Waals surface area contributed by atoms with E-state index in [1.807, 2.05) is 30.3 Å². The average Bonchev–Trinajstić information content (AvgIpc) is 2.59. The molecule has 1 aliphatic rings. The first-order chi connectivity index (χ1) is 11.1.